The second-order valence-electron chi connectivity index (χ2n) is 17.7. The summed E-state index contributed by atoms with van der Waals surface area (Å²) in [6.45, 7) is 0. The molecule has 0 aliphatic heterocycles. The van der Waals surface area contributed by atoms with Crippen molar-refractivity contribution in [1.82, 2.24) is 0 Å². The van der Waals surface area contributed by atoms with Gasteiger partial charge in [-0.25, -0.2) is 0 Å². The van der Waals surface area contributed by atoms with Crippen LogP contribution >= 0.6 is 0 Å². The minimum atomic E-state index is -0.390. The Morgan fingerprint density at radius 1 is 0.456 bits per heavy atom. The van der Waals surface area contributed by atoms with Crippen LogP contribution in [0, 0.1) is 23.7 Å². The van der Waals surface area contributed by atoms with E-state index in [9.17, 15) is 0 Å². The highest BCUT2D eigenvalue weighted by molar-refractivity contribution is 5.94. The molecule has 0 atom stereocenters. The van der Waals surface area contributed by atoms with Crippen molar-refractivity contribution < 1.29 is 0 Å². The summed E-state index contributed by atoms with van der Waals surface area (Å²) in [7, 11) is 0. The van der Waals surface area contributed by atoms with Crippen LogP contribution in [0.2, 0.25) is 0 Å². The largest absolute Gasteiger partial charge is 0.398 e. The third-order valence-electron chi connectivity index (χ3n) is 15.1. The molecule has 0 unspecified atom stereocenters. The van der Waals surface area contributed by atoms with E-state index < -0.39 is 5.41 Å². The molecule has 7 aromatic carbocycles. The maximum absolute atomic E-state index is 6.73. The summed E-state index contributed by atoms with van der Waals surface area (Å²) in [6.07, 6.45) is 10.8. The van der Waals surface area contributed by atoms with Gasteiger partial charge < -0.3 is 11.5 Å². The van der Waals surface area contributed by atoms with Crippen molar-refractivity contribution in [2.75, 3.05) is 0 Å². The lowest BCUT2D eigenvalue weighted by molar-refractivity contribution is -0.0440. The van der Waals surface area contributed by atoms with Gasteiger partial charge in [0.1, 0.15) is 0 Å². The predicted molar refractivity (Wildman–Crippen MR) is 235 cm³/mol. The zero-order chi connectivity index (χ0) is 37.9. The third-order valence-corrected chi connectivity index (χ3v) is 15.1. The molecule has 4 N–H and O–H groups in total. The van der Waals surface area contributed by atoms with Gasteiger partial charge in [-0.15, -0.1) is 0 Å². The van der Waals surface area contributed by atoms with E-state index in [1.165, 1.54) is 82.0 Å². The van der Waals surface area contributed by atoms with Gasteiger partial charge >= 0.3 is 0 Å². The van der Waals surface area contributed by atoms with Crippen LogP contribution in [-0.2, 0) is 10.8 Å². The van der Waals surface area contributed by atoms with Gasteiger partial charge in [-0.1, -0.05) is 152 Å². The fraction of sp³-hybridized carbons (Fsp3) is 0.200. The number of hydrogen-bond acceptors (Lipinski definition) is 2. The molecular formula is C55H46N2. The number of nitrogens with two attached hydrogens (primary N) is 2. The lowest BCUT2D eigenvalue weighted by Gasteiger charge is -2.65. The average molecular weight is 735 g/mol. The Morgan fingerprint density at radius 3 is 1.70 bits per heavy atom. The van der Waals surface area contributed by atoms with Crippen LogP contribution in [0.15, 0.2) is 170 Å². The maximum atomic E-state index is 6.73. The second kappa shape index (κ2) is 12.2. The fourth-order valence-corrected chi connectivity index (χ4v) is 13.2. The van der Waals surface area contributed by atoms with Crippen molar-refractivity contribution in [2.45, 2.75) is 42.9 Å². The molecule has 4 saturated carbocycles. The minimum Gasteiger partial charge on any atom is -0.398 e. The van der Waals surface area contributed by atoms with E-state index in [4.69, 9.17) is 11.5 Å². The van der Waals surface area contributed by atoms with E-state index in [2.05, 4.69) is 158 Å². The molecule has 2 heteroatoms. The summed E-state index contributed by atoms with van der Waals surface area (Å²) in [6, 6.07) is 59.2. The Bertz CT molecular complexity index is 2760. The van der Waals surface area contributed by atoms with Gasteiger partial charge in [-0.2, -0.15) is 0 Å². The smallest absolute Gasteiger partial charge is 0.0719 e. The van der Waals surface area contributed by atoms with E-state index in [0.717, 1.165) is 28.3 Å². The number of rotatable bonds is 4. The predicted octanol–water partition coefficient (Wildman–Crippen LogP) is 12.2. The Balaban J connectivity index is 1.01. The van der Waals surface area contributed by atoms with Crippen molar-refractivity contribution in [2.24, 2.45) is 35.1 Å². The summed E-state index contributed by atoms with van der Waals surface area (Å²) in [5.41, 5.74) is 30.6. The minimum absolute atomic E-state index is 0.0418. The molecule has 13 rings (SSSR count). The Kier molecular flexibility index (Phi) is 7.07. The average Bonchev–Trinajstić information content (AvgIpc) is 3.56. The molecule has 2 nitrogen and oxygen atoms in total. The number of benzene rings is 7. The molecule has 0 amide bonds. The van der Waals surface area contributed by atoms with Gasteiger partial charge in [0.2, 0.25) is 0 Å². The molecule has 7 aromatic rings. The molecule has 0 aromatic heterocycles. The number of allylic oxidation sites excluding steroid dienone is 2. The zero-order valence-corrected chi connectivity index (χ0v) is 32.2. The molecule has 276 valence electrons. The molecule has 0 heterocycles. The number of fused-ring (bicyclic) bond motifs is 10. The van der Waals surface area contributed by atoms with Crippen LogP contribution in [0.4, 0.5) is 0 Å². The van der Waals surface area contributed by atoms with E-state index in [1.807, 2.05) is 12.2 Å². The highest BCUT2D eigenvalue weighted by Crippen LogP contribution is 2.71. The van der Waals surface area contributed by atoms with E-state index in [0.29, 0.717) is 23.2 Å². The Morgan fingerprint density at radius 2 is 1.00 bits per heavy atom. The van der Waals surface area contributed by atoms with Crippen LogP contribution in [0.25, 0.3) is 44.4 Å². The molecule has 6 aliphatic carbocycles. The highest BCUT2D eigenvalue weighted by Gasteiger charge is 2.64. The van der Waals surface area contributed by atoms with Crippen LogP contribution in [0.5, 0.6) is 0 Å². The molecular weight excluding hydrogens is 689 g/mol. The van der Waals surface area contributed by atoms with Crippen molar-refractivity contribution in [1.29, 1.82) is 0 Å². The lowest BCUT2D eigenvalue weighted by Crippen LogP contribution is -2.59. The van der Waals surface area contributed by atoms with Crippen molar-refractivity contribution >= 4 is 22.2 Å². The van der Waals surface area contributed by atoms with E-state index in [-0.39, 0.29) is 5.41 Å². The molecule has 2 spiro atoms. The fourth-order valence-electron chi connectivity index (χ4n) is 13.2. The summed E-state index contributed by atoms with van der Waals surface area (Å²) in [5, 5.41) is 2.31. The lowest BCUT2D eigenvalue weighted by atomic mass is 9.38. The topological polar surface area (TPSA) is 52.0 Å². The number of hydrogen-bond donors (Lipinski definition) is 2. The summed E-state index contributed by atoms with van der Waals surface area (Å²) < 4.78 is 0. The zero-order valence-electron chi connectivity index (χ0n) is 32.2. The first-order chi connectivity index (χ1) is 28.0. The van der Waals surface area contributed by atoms with E-state index >= 15 is 0 Å². The normalized spacial score (nSPS) is 24.7. The van der Waals surface area contributed by atoms with Crippen LogP contribution in [0.3, 0.4) is 0 Å². The first-order valence-electron chi connectivity index (χ1n) is 21.0. The first-order valence-corrected chi connectivity index (χ1v) is 21.0. The van der Waals surface area contributed by atoms with Gasteiger partial charge in [0, 0.05) is 22.4 Å². The third kappa shape index (κ3) is 4.47. The Hall–Kier alpha value is -6.12. The highest BCUT2D eigenvalue weighted by atomic mass is 14.7. The quantitative estimate of drug-likeness (QED) is 0.177. The van der Waals surface area contributed by atoms with Crippen LogP contribution < -0.4 is 11.5 Å². The standard InChI is InChI=1S/C55H46N2/c56-52(26-27-53(57)45-15-9-11-37-10-1-2-12-42(37)45)38-22-20-36(21-23-38)39-24-25-50-51(33-39)55(46-16-5-3-13-43(46)44-14-4-6-17-47(44)55)49-19-8-7-18-48(49)54(50)40-29-34-28-35(31-40)32-41(54)30-34/h1-27,33-35,40-41H,28-32,56-57H2/b52-26-,53-27-. The summed E-state index contributed by atoms with van der Waals surface area (Å²) in [4.78, 5) is 0. The van der Waals surface area contributed by atoms with Gasteiger partial charge in [0.15, 0.2) is 0 Å². The Labute approximate surface area is 335 Å². The van der Waals surface area contributed by atoms with Gasteiger partial charge in [-0.05, 0) is 146 Å². The SMILES string of the molecule is N/C(=C\C=C(/N)c1cccc2ccccc12)c1ccc(-c2ccc3c(c2)C2(c4ccccc4-c4ccccc42)c2ccccc2C32C3CC4CC(C3)CC2C4)cc1. The van der Waals surface area contributed by atoms with Gasteiger partial charge in [-0.3, -0.25) is 0 Å². The molecule has 57 heavy (non-hydrogen) atoms. The first kappa shape index (κ1) is 33.1. The molecule has 6 aliphatic rings. The van der Waals surface area contributed by atoms with Crippen molar-refractivity contribution in [3.8, 4) is 22.3 Å². The molecule has 0 saturated heterocycles. The van der Waals surface area contributed by atoms with Crippen LogP contribution in [-0.4, -0.2) is 0 Å². The molecule has 4 fully saturated rings. The second-order valence-corrected chi connectivity index (χ2v) is 17.7. The van der Waals surface area contributed by atoms with Crippen molar-refractivity contribution in [3.63, 3.8) is 0 Å². The monoisotopic (exact) mass is 734 g/mol. The summed E-state index contributed by atoms with van der Waals surface area (Å²) in [5.74, 6) is 3.15. The molecule has 4 bridgehead atoms. The van der Waals surface area contributed by atoms with Crippen molar-refractivity contribution in [3.05, 3.63) is 214 Å². The van der Waals surface area contributed by atoms with Gasteiger partial charge in [0.05, 0.1) is 5.41 Å². The maximum Gasteiger partial charge on any atom is 0.0719 e. The van der Waals surface area contributed by atoms with Gasteiger partial charge in [0.25, 0.3) is 0 Å². The van der Waals surface area contributed by atoms with E-state index in [1.54, 1.807) is 11.1 Å². The summed E-state index contributed by atoms with van der Waals surface area (Å²) >= 11 is 0. The molecule has 0 radical (unpaired) electrons. The van der Waals surface area contributed by atoms with Crippen LogP contribution in [0.1, 0.15) is 76.6 Å².